The monoisotopic (exact) mass is 301 g/mol. The number of anilines is 1. The molecule has 0 bridgehead atoms. The molecular weight excluding hydrogens is 278 g/mol. The molecule has 1 aliphatic rings. The maximum Gasteiger partial charge on any atom is 0.156 e. The van der Waals surface area contributed by atoms with Gasteiger partial charge in [-0.3, -0.25) is 0 Å². The Morgan fingerprint density at radius 1 is 1.36 bits per heavy atom. The van der Waals surface area contributed by atoms with Crippen LogP contribution in [-0.2, 0) is 18.4 Å². The van der Waals surface area contributed by atoms with E-state index in [-0.39, 0.29) is 0 Å². The fourth-order valence-corrected chi connectivity index (χ4v) is 2.98. The Hall–Kier alpha value is -1.95. The normalized spacial score (nSPS) is 18.1. The molecule has 0 amide bonds. The van der Waals surface area contributed by atoms with Crippen LogP contribution in [0.1, 0.15) is 36.6 Å². The second-order valence-corrected chi connectivity index (χ2v) is 5.75. The summed E-state index contributed by atoms with van der Waals surface area (Å²) in [5.41, 5.74) is 0.986. The molecule has 6 nitrogen and oxygen atoms in total. The van der Waals surface area contributed by atoms with Crippen molar-refractivity contribution in [1.82, 2.24) is 19.5 Å². The minimum Gasteiger partial charge on any atom is -0.374 e. The molecule has 2 aromatic heterocycles. The molecule has 0 radical (unpaired) electrons. The van der Waals surface area contributed by atoms with Crippen molar-refractivity contribution < 1.29 is 4.74 Å². The lowest BCUT2D eigenvalue weighted by Gasteiger charge is -2.18. The molecule has 0 spiro atoms. The lowest BCUT2D eigenvalue weighted by atomic mass is 10.1. The van der Waals surface area contributed by atoms with Crippen molar-refractivity contribution in [2.75, 3.05) is 24.6 Å². The van der Waals surface area contributed by atoms with Gasteiger partial charge in [0.15, 0.2) is 5.82 Å². The highest BCUT2D eigenvalue weighted by Crippen LogP contribution is 2.29. The topological polar surface area (TPSA) is 56.1 Å². The van der Waals surface area contributed by atoms with Crippen molar-refractivity contribution >= 4 is 5.82 Å². The molecule has 1 saturated heterocycles. The van der Waals surface area contributed by atoms with Gasteiger partial charge in [0, 0.05) is 56.8 Å². The number of ether oxygens (including phenoxy) is 1. The van der Waals surface area contributed by atoms with Crippen LogP contribution in [0.3, 0.4) is 0 Å². The zero-order valence-electron chi connectivity index (χ0n) is 13.5. The lowest BCUT2D eigenvalue weighted by Crippen LogP contribution is -2.22. The van der Waals surface area contributed by atoms with Gasteiger partial charge in [0.25, 0.3) is 0 Å². The largest absolute Gasteiger partial charge is 0.374 e. The van der Waals surface area contributed by atoms with Gasteiger partial charge in [-0.25, -0.2) is 15.0 Å². The SMILES string of the molecule is CCOCc1nc(C)cc(N2CCC(c3nccn3C)C2)n1. The first kappa shape index (κ1) is 15.0. The van der Waals surface area contributed by atoms with E-state index in [1.54, 1.807) is 0 Å². The van der Waals surface area contributed by atoms with E-state index in [2.05, 4.69) is 37.5 Å². The number of aryl methyl sites for hydroxylation is 2. The fourth-order valence-electron chi connectivity index (χ4n) is 2.98. The molecule has 0 saturated carbocycles. The molecule has 22 heavy (non-hydrogen) atoms. The Bertz CT molecular complexity index is 639. The first-order valence-electron chi connectivity index (χ1n) is 7.82. The molecule has 118 valence electrons. The zero-order valence-corrected chi connectivity index (χ0v) is 13.5. The van der Waals surface area contributed by atoms with Crippen LogP contribution >= 0.6 is 0 Å². The van der Waals surface area contributed by atoms with Crippen LogP contribution in [0, 0.1) is 6.92 Å². The van der Waals surface area contributed by atoms with Crippen molar-refractivity contribution in [3.05, 3.63) is 35.8 Å². The molecule has 1 unspecified atom stereocenters. The van der Waals surface area contributed by atoms with Gasteiger partial charge < -0.3 is 14.2 Å². The summed E-state index contributed by atoms with van der Waals surface area (Å²) < 4.78 is 7.54. The first-order valence-corrected chi connectivity index (χ1v) is 7.82. The van der Waals surface area contributed by atoms with Crippen LogP contribution < -0.4 is 4.90 Å². The van der Waals surface area contributed by atoms with E-state index in [0.717, 1.165) is 42.7 Å². The second-order valence-electron chi connectivity index (χ2n) is 5.75. The Morgan fingerprint density at radius 3 is 2.95 bits per heavy atom. The Balaban J connectivity index is 1.75. The number of imidazole rings is 1. The molecular formula is C16H23N5O. The Labute approximate surface area is 131 Å². The average Bonchev–Trinajstić information content (AvgIpc) is 3.13. The molecule has 0 aromatic carbocycles. The summed E-state index contributed by atoms with van der Waals surface area (Å²) in [6.07, 6.45) is 4.98. The molecule has 2 aromatic rings. The minimum atomic E-state index is 0.464. The minimum absolute atomic E-state index is 0.464. The van der Waals surface area contributed by atoms with Crippen molar-refractivity contribution in [2.45, 2.75) is 32.8 Å². The quantitative estimate of drug-likeness (QED) is 0.846. The van der Waals surface area contributed by atoms with Gasteiger partial charge in [-0.15, -0.1) is 0 Å². The standard InChI is InChI=1S/C16H23N5O/c1-4-22-11-14-18-12(2)9-15(19-14)21-7-5-13(10-21)16-17-6-8-20(16)3/h6,8-9,13H,4-5,7,10-11H2,1-3H3. The number of nitrogens with zero attached hydrogens (tertiary/aromatic N) is 5. The van der Waals surface area contributed by atoms with Gasteiger partial charge in [-0.2, -0.15) is 0 Å². The van der Waals surface area contributed by atoms with Crippen LogP contribution in [-0.4, -0.2) is 39.2 Å². The van der Waals surface area contributed by atoms with Crippen LogP contribution in [0.2, 0.25) is 0 Å². The average molecular weight is 301 g/mol. The molecule has 0 N–H and O–H groups in total. The van der Waals surface area contributed by atoms with E-state index in [4.69, 9.17) is 4.74 Å². The third-order valence-electron chi connectivity index (χ3n) is 4.06. The molecule has 6 heteroatoms. The van der Waals surface area contributed by atoms with Gasteiger partial charge in [-0.05, 0) is 20.3 Å². The summed E-state index contributed by atoms with van der Waals surface area (Å²) in [6.45, 7) is 7.10. The summed E-state index contributed by atoms with van der Waals surface area (Å²) in [6, 6.07) is 2.05. The van der Waals surface area contributed by atoms with E-state index in [9.17, 15) is 0 Å². The maximum absolute atomic E-state index is 5.43. The summed E-state index contributed by atoms with van der Waals surface area (Å²) in [4.78, 5) is 15.9. The van der Waals surface area contributed by atoms with Gasteiger partial charge in [0.1, 0.15) is 18.2 Å². The van der Waals surface area contributed by atoms with Crippen molar-refractivity contribution in [1.29, 1.82) is 0 Å². The van der Waals surface area contributed by atoms with Gasteiger partial charge >= 0.3 is 0 Å². The maximum atomic E-state index is 5.43. The highest BCUT2D eigenvalue weighted by atomic mass is 16.5. The van der Waals surface area contributed by atoms with E-state index < -0.39 is 0 Å². The Kier molecular flexibility index (Phi) is 4.38. The summed E-state index contributed by atoms with van der Waals surface area (Å²) in [5, 5.41) is 0. The second kappa shape index (κ2) is 6.44. The van der Waals surface area contributed by atoms with E-state index in [1.165, 1.54) is 0 Å². The van der Waals surface area contributed by atoms with Crippen LogP contribution in [0.4, 0.5) is 5.82 Å². The molecule has 1 fully saturated rings. The van der Waals surface area contributed by atoms with Crippen molar-refractivity contribution in [3.63, 3.8) is 0 Å². The van der Waals surface area contributed by atoms with E-state index in [1.807, 2.05) is 26.2 Å². The third kappa shape index (κ3) is 3.11. The van der Waals surface area contributed by atoms with Crippen LogP contribution in [0.5, 0.6) is 0 Å². The third-order valence-corrected chi connectivity index (χ3v) is 4.06. The first-order chi connectivity index (χ1) is 10.7. The van der Waals surface area contributed by atoms with E-state index in [0.29, 0.717) is 19.1 Å². The summed E-state index contributed by atoms with van der Waals surface area (Å²) in [7, 11) is 2.06. The predicted octanol–water partition coefficient (Wildman–Crippen LogP) is 2.05. The van der Waals surface area contributed by atoms with Gasteiger partial charge in [-0.1, -0.05) is 0 Å². The number of rotatable bonds is 5. The van der Waals surface area contributed by atoms with Gasteiger partial charge in [0.2, 0.25) is 0 Å². The molecule has 3 heterocycles. The predicted molar refractivity (Wildman–Crippen MR) is 84.9 cm³/mol. The Morgan fingerprint density at radius 2 is 2.23 bits per heavy atom. The smallest absolute Gasteiger partial charge is 0.156 e. The van der Waals surface area contributed by atoms with Crippen molar-refractivity contribution in [2.24, 2.45) is 7.05 Å². The molecule has 1 aliphatic heterocycles. The molecule has 1 atom stereocenters. The van der Waals surface area contributed by atoms with Gasteiger partial charge in [0.05, 0.1) is 0 Å². The number of hydrogen-bond acceptors (Lipinski definition) is 5. The number of aromatic nitrogens is 4. The highest BCUT2D eigenvalue weighted by Gasteiger charge is 2.27. The summed E-state index contributed by atoms with van der Waals surface area (Å²) in [5.74, 6) is 3.38. The zero-order chi connectivity index (χ0) is 15.5. The highest BCUT2D eigenvalue weighted by molar-refractivity contribution is 5.42. The summed E-state index contributed by atoms with van der Waals surface area (Å²) >= 11 is 0. The van der Waals surface area contributed by atoms with E-state index >= 15 is 0 Å². The van der Waals surface area contributed by atoms with Crippen molar-refractivity contribution in [3.8, 4) is 0 Å². The van der Waals surface area contributed by atoms with Crippen LogP contribution in [0.15, 0.2) is 18.5 Å². The molecule has 0 aliphatic carbocycles. The molecule has 3 rings (SSSR count). The lowest BCUT2D eigenvalue weighted by molar-refractivity contribution is 0.128. The van der Waals surface area contributed by atoms with Crippen LogP contribution in [0.25, 0.3) is 0 Å². The fraction of sp³-hybridized carbons (Fsp3) is 0.562. The number of hydrogen-bond donors (Lipinski definition) is 0.